The Hall–Kier alpha value is -5.54. The molecule has 0 spiro atoms. The molecular formula is C40H37F4N6NaO10. The Kier molecular flexibility index (Phi) is 13.4. The Morgan fingerprint density at radius 1 is 0.721 bits per heavy atom. The number of aromatic hydroxyl groups is 1. The van der Waals surface area contributed by atoms with E-state index in [0.29, 0.717) is 38.2 Å². The van der Waals surface area contributed by atoms with E-state index < -0.39 is 92.8 Å². The first-order chi connectivity index (χ1) is 28.5. The number of hydrogen-bond donors (Lipinski definition) is 3. The SMILES string of the molecule is C[C@@H]1CCO[C@H]2Cn3cc(C(=O)NCc4ccc(F)cc4F)c(=O)c(O)c3C(=O)N12.C[C@@H]1CCO[C@H]2Cn3cc(C(=O)NCc4ccc(F)cc4F)c(=O)c([O-])c3C(=O)N12.[Na+]. The van der Waals surface area contributed by atoms with Crippen LogP contribution in [0.15, 0.2) is 58.4 Å². The topological polar surface area (TPSA) is 205 Å². The number of nitrogens with zero attached hydrogens (tertiary/aromatic N) is 4. The van der Waals surface area contributed by atoms with Gasteiger partial charge >= 0.3 is 29.6 Å². The summed E-state index contributed by atoms with van der Waals surface area (Å²) in [6.07, 6.45) is 2.41. The molecule has 61 heavy (non-hydrogen) atoms. The fourth-order valence-corrected chi connectivity index (χ4v) is 7.50. The van der Waals surface area contributed by atoms with E-state index in [1.807, 2.05) is 13.8 Å². The number of fused-ring (bicyclic) bond motifs is 4. The van der Waals surface area contributed by atoms with Gasteiger partial charge in [0.2, 0.25) is 5.43 Å². The minimum absolute atomic E-state index is 0. The van der Waals surface area contributed by atoms with Crippen molar-refractivity contribution in [3.8, 4) is 11.5 Å². The number of rotatable bonds is 6. The van der Waals surface area contributed by atoms with Crippen LogP contribution in [-0.4, -0.2) is 85.4 Å². The van der Waals surface area contributed by atoms with Crippen LogP contribution in [0.1, 0.15) is 79.5 Å². The van der Waals surface area contributed by atoms with Gasteiger partial charge in [-0.15, -0.1) is 0 Å². The van der Waals surface area contributed by atoms with Crippen LogP contribution in [0, 0.1) is 23.3 Å². The van der Waals surface area contributed by atoms with Crippen molar-refractivity contribution < 1.29 is 86.0 Å². The van der Waals surface area contributed by atoms with Gasteiger partial charge in [0.1, 0.15) is 40.1 Å². The number of hydrogen-bond acceptors (Lipinski definition) is 10. The first kappa shape index (κ1) is 45.0. The van der Waals surface area contributed by atoms with E-state index >= 15 is 0 Å². The third kappa shape index (κ3) is 8.81. The monoisotopic (exact) mass is 860 g/mol. The maximum atomic E-state index is 13.8. The molecule has 4 aromatic rings. The van der Waals surface area contributed by atoms with Gasteiger partial charge < -0.3 is 49.3 Å². The van der Waals surface area contributed by atoms with E-state index in [1.165, 1.54) is 37.3 Å². The number of pyridine rings is 2. The van der Waals surface area contributed by atoms with Gasteiger partial charge in [0.05, 0.1) is 26.3 Å². The Morgan fingerprint density at radius 2 is 1.15 bits per heavy atom. The number of carbonyl (C=O) groups excluding carboxylic acids is 4. The molecule has 4 amide bonds. The first-order valence-corrected chi connectivity index (χ1v) is 18.8. The summed E-state index contributed by atoms with van der Waals surface area (Å²) in [7, 11) is 0. The van der Waals surface area contributed by atoms with E-state index in [9.17, 15) is 56.5 Å². The Labute approximate surface area is 365 Å². The maximum absolute atomic E-state index is 13.8. The zero-order chi connectivity index (χ0) is 43.2. The molecule has 6 heterocycles. The van der Waals surface area contributed by atoms with E-state index in [4.69, 9.17) is 9.47 Å². The van der Waals surface area contributed by atoms with Crippen molar-refractivity contribution >= 4 is 23.6 Å². The first-order valence-electron chi connectivity index (χ1n) is 18.8. The third-order valence-electron chi connectivity index (χ3n) is 10.7. The summed E-state index contributed by atoms with van der Waals surface area (Å²) in [6.45, 7) is 4.26. The number of aromatic nitrogens is 2. The molecule has 316 valence electrons. The van der Waals surface area contributed by atoms with Gasteiger partial charge in [0, 0.05) is 60.8 Å². The predicted molar refractivity (Wildman–Crippen MR) is 198 cm³/mol. The molecule has 2 aromatic carbocycles. The molecule has 3 N–H and O–H groups in total. The summed E-state index contributed by atoms with van der Waals surface area (Å²) < 4.78 is 67.3. The quantitative estimate of drug-likeness (QED) is 0.161. The predicted octanol–water partition coefficient (Wildman–Crippen LogP) is -0.922. The molecule has 0 saturated carbocycles. The maximum Gasteiger partial charge on any atom is 1.00 e. The van der Waals surface area contributed by atoms with Crippen molar-refractivity contribution in [2.75, 3.05) is 13.2 Å². The van der Waals surface area contributed by atoms with E-state index in [1.54, 1.807) is 0 Å². The Bertz CT molecular complexity index is 2380. The number of amides is 4. The van der Waals surface area contributed by atoms with Gasteiger partial charge in [-0.2, -0.15) is 0 Å². The van der Waals surface area contributed by atoms with Gasteiger partial charge in [-0.1, -0.05) is 12.1 Å². The van der Waals surface area contributed by atoms with E-state index in [0.717, 1.165) is 18.3 Å². The molecule has 0 unspecified atom stereocenters. The van der Waals surface area contributed by atoms with Gasteiger partial charge in [-0.3, -0.25) is 28.8 Å². The second kappa shape index (κ2) is 18.2. The molecule has 4 atom stereocenters. The summed E-state index contributed by atoms with van der Waals surface area (Å²) in [4.78, 5) is 78.6. The largest absolute Gasteiger partial charge is 1.00 e. The average molecular weight is 861 g/mol. The minimum Gasteiger partial charge on any atom is -0.868 e. The van der Waals surface area contributed by atoms with Crippen LogP contribution in [0.5, 0.6) is 11.5 Å². The molecule has 21 heteroatoms. The standard InChI is InChI=1S/2C20H19F2N3O5.Na/c2*1-10-4-5-30-15-9-24-8-13(17(26)18(27)16(24)20(29)25(10)15)19(28)23-7-11-2-3-12(21)6-14(11)22;/h2*2-3,6,8,10,15,27H,4-5,7,9H2,1H3,(H,23,28);/q;;+1/p-1/t2*10-,15+;/m11./s1. The van der Waals surface area contributed by atoms with Crippen LogP contribution in [0.3, 0.4) is 0 Å². The van der Waals surface area contributed by atoms with Crippen molar-refractivity contribution in [3.63, 3.8) is 0 Å². The van der Waals surface area contributed by atoms with Crippen molar-refractivity contribution in [3.05, 3.63) is 126 Å². The smallest absolute Gasteiger partial charge is 0.868 e. The summed E-state index contributed by atoms with van der Waals surface area (Å²) >= 11 is 0. The third-order valence-corrected chi connectivity index (χ3v) is 10.7. The number of ether oxygens (including phenoxy) is 2. The van der Waals surface area contributed by atoms with Crippen LogP contribution < -0.4 is 56.2 Å². The normalized spacial score (nSPS) is 20.2. The van der Waals surface area contributed by atoms with Gasteiger partial charge in [-0.25, -0.2) is 17.6 Å². The number of carbonyl (C=O) groups is 4. The van der Waals surface area contributed by atoms with E-state index in [-0.39, 0.29) is 90.3 Å². The number of halogens is 4. The molecule has 4 aliphatic rings. The number of benzene rings is 2. The molecule has 0 bridgehead atoms. The van der Waals surface area contributed by atoms with Crippen LogP contribution >= 0.6 is 0 Å². The van der Waals surface area contributed by atoms with Gasteiger partial charge in [0.25, 0.3) is 23.6 Å². The molecule has 8 rings (SSSR count). The van der Waals surface area contributed by atoms with Crippen molar-refractivity contribution in [2.45, 2.75) is 77.4 Å². The summed E-state index contributed by atoms with van der Waals surface area (Å²) in [6, 6.07) is 5.52. The van der Waals surface area contributed by atoms with Crippen LogP contribution in [0.2, 0.25) is 0 Å². The van der Waals surface area contributed by atoms with Gasteiger partial charge in [0.15, 0.2) is 29.3 Å². The minimum atomic E-state index is -1.12. The molecule has 2 fully saturated rings. The molecular weight excluding hydrogens is 823 g/mol. The molecule has 4 aliphatic heterocycles. The second-order valence-electron chi connectivity index (χ2n) is 14.6. The molecule has 16 nitrogen and oxygen atoms in total. The van der Waals surface area contributed by atoms with Crippen LogP contribution in [0.25, 0.3) is 0 Å². The number of nitrogens with one attached hydrogen (secondary N) is 2. The zero-order valence-electron chi connectivity index (χ0n) is 33.0. The van der Waals surface area contributed by atoms with Crippen molar-refractivity contribution in [1.82, 2.24) is 29.6 Å². The van der Waals surface area contributed by atoms with Crippen LogP contribution in [-0.2, 0) is 35.7 Å². The summed E-state index contributed by atoms with van der Waals surface area (Å²) in [5.74, 6) is -8.01. The molecule has 0 aliphatic carbocycles. The summed E-state index contributed by atoms with van der Waals surface area (Å²) in [5.41, 5.74) is -3.45. The Morgan fingerprint density at radius 3 is 1.61 bits per heavy atom. The van der Waals surface area contributed by atoms with E-state index in [2.05, 4.69) is 10.6 Å². The summed E-state index contributed by atoms with van der Waals surface area (Å²) in [5, 5.41) is 27.7. The second-order valence-corrected chi connectivity index (χ2v) is 14.6. The Balaban J connectivity index is 0.000000201. The molecule has 0 radical (unpaired) electrons. The van der Waals surface area contributed by atoms with Crippen molar-refractivity contribution in [2.24, 2.45) is 0 Å². The molecule has 2 aromatic heterocycles. The fraction of sp³-hybridized carbons (Fsp3) is 0.350. The fourth-order valence-electron chi connectivity index (χ4n) is 7.50. The average Bonchev–Trinajstić information content (AvgIpc) is 3.19. The molecule has 2 saturated heterocycles. The van der Waals surface area contributed by atoms with Crippen LogP contribution in [0.4, 0.5) is 17.6 Å². The van der Waals surface area contributed by atoms with Crippen molar-refractivity contribution in [1.29, 1.82) is 0 Å². The van der Waals surface area contributed by atoms with Gasteiger partial charge in [-0.05, 0) is 44.6 Å². The zero-order valence-corrected chi connectivity index (χ0v) is 35.0.